The molecule has 0 amide bonds. The molecule has 1 aromatic heterocycles. The Kier molecular flexibility index (Phi) is 5.57. The minimum absolute atomic E-state index is 0.179. The number of carbonyl (C=O) groups is 1. The number of fused-ring (bicyclic) bond motifs is 1. The van der Waals surface area contributed by atoms with E-state index in [-0.39, 0.29) is 12.4 Å². The Labute approximate surface area is 146 Å². The lowest BCUT2D eigenvalue weighted by Crippen LogP contribution is -2.11. The van der Waals surface area contributed by atoms with Crippen molar-refractivity contribution >= 4 is 16.9 Å². The van der Waals surface area contributed by atoms with Crippen molar-refractivity contribution in [1.29, 1.82) is 0 Å². The first-order valence-electron chi connectivity index (χ1n) is 8.14. The average Bonchev–Trinajstić information content (AvgIpc) is 3.04. The van der Waals surface area contributed by atoms with Gasteiger partial charge in [-0.15, -0.1) is 0 Å². The Hall–Kier alpha value is -2.95. The molecule has 0 N–H and O–H groups in total. The number of para-hydroxylation sites is 1. The molecule has 0 radical (unpaired) electrons. The summed E-state index contributed by atoms with van der Waals surface area (Å²) in [5.41, 5.74) is 1.50. The van der Waals surface area contributed by atoms with E-state index in [9.17, 15) is 4.79 Å². The Morgan fingerprint density at radius 3 is 2.68 bits per heavy atom. The maximum Gasteiger partial charge on any atom is 0.310 e. The molecule has 0 spiro atoms. The van der Waals surface area contributed by atoms with Gasteiger partial charge < -0.3 is 18.6 Å². The van der Waals surface area contributed by atoms with E-state index in [1.807, 2.05) is 42.5 Å². The van der Waals surface area contributed by atoms with E-state index in [4.69, 9.17) is 18.6 Å². The summed E-state index contributed by atoms with van der Waals surface area (Å²) in [6.45, 7) is 0.834. The highest BCUT2D eigenvalue weighted by molar-refractivity contribution is 5.86. The van der Waals surface area contributed by atoms with Gasteiger partial charge in [-0.05, 0) is 24.3 Å². The lowest BCUT2D eigenvalue weighted by atomic mass is 10.1. The molecule has 0 aliphatic rings. The number of hydrogen-bond acceptors (Lipinski definition) is 5. The van der Waals surface area contributed by atoms with Crippen LogP contribution in [0.2, 0.25) is 0 Å². The minimum Gasteiger partial charge on any atom is -0.497 e. The summed E-state index contributed by atoms with van der Waals surface area (Å²) in [5.74, 6) is 1.25. The van der Waals surface area contributed by atoms with Gasteiger partial charge in [0.05, 0.1) is 33.0 Å². The van der Waals surface area contributed by atoms with Gasteiger partial charge in [-0.1, -0.05) is 18.2 Å². The van der Waals surface area contributed by atoms with Crippen molar-refractivity contribution in [3.8, 4) is 11.5 Å². The summed E-state index contributed by atoms with van der Waals surface area (Å²) in [7, 11) is 1.60. The maximum atomic E-state index is 12.0. The molecule has 3 aromatic rings. The van der Waals surface area contributed by atoms with Gasteiger partial charge >= 0.3 is 5.97 Å². The Balaban J connectivity index is 1.43. The zero-order valence-corrected chi connectivity index (χ0v) is 14.1. The zero-order chi connectivity index (χ0) is 17.5. The number of esters is 1. The van der Waals surface area contributed by atoms with Gasteiger partial charge in [0.15, 0.2) is 0 Å². The predicted octanol–water partition coefficient (Wildman–Crippen LogP) is 4.00. The van der Waals surface area contributed by atoms with E-state index in [2.05, 4.69) is 0 Å². The van der Waals surface area contributed by atoms with Crippen LogP contribution in [0.4, 0.5) is 0 Å². The fraction of sp³-hybridized carbons (Fsp3) is 0.250. The molecule has 5 nitrogen and oxygen atoms in total. The molecule has 0 unspecified atom stereocenters. The van der Waals surface area contributed by atoms with E-state index in [1.54, 1.807) is 19.4 Å². The second kappa shape index (κ2) is 8.24. The van der Waals surface area contributed by atoms with Gasteiger partial charge in [0.2, 0.25) is 0 Å². The monoisotopic (exact) mass is 340 g/mol. The molecule has 130 valence electrons. The topological polar surface area (TPSA) is 57.9 Å². The van der Waals surface area contributed by atoms with E-state index >= 15 is 0 Å². The number of rotatable bonds is 8. The van der Waals surface area contributed by atoms with Crippen molar-refractivity contribution in [2.75, 3.05) is 20.3 Å². The van der Waals surface area contributed by atoms with Gasteiger partial charge in [0, 0.05) is 23.4 Å². The van der Waals surface area contributed by atoms with Crippen LogP contribution in [-0.4, -0.2) is 26.3 Å². The molecular weight excluding hydrogens is 320 g/mol. The van der Waals surface area contributed by atoms with Crippen molar-refractivity contribution in [3.63, 3.8) is 0 Å². The third kappa shape index (κ3) is 4.53. The van der Waals surface area contributed by atoms with E-state index < -0.39 is 0 Å². The van der Waals surface area contributed by atoms with Crippen LogP contribution in [0.5, 0.6) is 11.5 Å². The molecule has 0 aliphatic heterocycles. The highest BCUT2D eigenvalue weighted by Gasteiger charge is 2.12. The fourth-order valence-electron chi connectivity index (χ4n) is 2.49. The molecule has 0 fully saturated rings. The minimum atomic E-state index is -0.279. The largest absolute Gasteiger partial charge is 0.497 e. The van der Waals surface area contributed by atoms with Crippen LogP contribution in [0, 0.1) is 0 Å². The lowest BCUT2D eigenvalue weighted by Gasteiger charge is -2.07. The lowest BCUT2D eigenvalue weighted by molar-refractivity contribution is -0.143. The van der Waals surface area contributed by atoms with E-state index in [1.165, 1.54) is 0 Å². The number of methoxy groups -OCH3 is 1. The molecule has 3 rings (SSSR count). The van der Waals surface area contributed by atoms with Crippen molar-refractivity contribution < 1.29 is 23.4 Å². The smallest absolute Gasteiger partial charge is 0.310 e. The van der Waals surface area contributed by atoms with Gasteiger partial charge in [0.1, 0.15) is 17.1 Å². The molecule has 0 saturated heterocycles. The standard InChI is InChI=1S/C20H20O5/c1-22-17-8-9-18-15(14-25-19(18)13-17)12-20(21)24-11-5-10-23-16-6-3-2-4-7-16/h2-4,6-9,13-14H,5,10-12H2,1H3. The normalized spacial score (nSPS) is 10.6. The van der Waals surface area contributed by atoms with Gasteiger partial charge in [-0.2, -0.15) is 0 Å². The predicted molar refractivity (Wildman–Crippen MR) is 94.0 cm³/mol. The van der Waals surface area contributed by atoms with Crippen molar-refractivity contribution in [3.05, 3.63) is 60.4 Å². The van der Waals surface area contributed by atoms with Crippen LogP contribution in [0.3, 0.4) is 0 Å². The van der Waals surface area contributed by atoms with Crippen molar-refractivity contribution in [2.24, 2.45) is 0 Å². The van der Waals surface area contributed by atoms with Crippen LogP contribution >= 0.6 is 0 Å². The van der Waals surface area contributed by atoms with Gasteiger partial charge in [-0.25, -0.2) is 0 Å². The van der Waals surface area contributed by atoms with E-state index in [0.717, 1.165) is 22.4 Å². The number of carbonyl (C=O) groups excluding carboxylic acids is 1. The molecule has 2 aromatic carbocycles. The SMILES string of the molecule is COc1ccc2c(CC(=O)OCCCOc3ccccc3)coc2c1. The zero-order valence-electron chi connectivity index (χ0n) is 14.1. The van der Waals surface area contributed by atoms with Crippen LogP contribution in [0.1, 0.15) is 12.0 Å². The third-order valence-corrected chi connectivity index (χ3v) is 3.76. The average molecular weight is 340 g/mol. The first-order valence-corrected chi connectivity index (χ1v) is 8.14. The molecular formula is C20H20O5. The Morgan fingerprint density at radius 1 is 1.04 bits per heavy atom. The third-order valence-electron chi connectivity index (χ3n) is 3.76. The van der Waals surface area contributed by atoms with Crippen LogP contribution in [-0.2, 0) is 16.0 Å². The Bertz CT molecular complexity index is 822. The summed E-state index contributed by atoms with van der Waals surface area (Å²) in [6.07, 6.45) is 2.41. The van der Waals surface area contributed by atoms with Crippen molar-refractivity contribution in [2.45, 2.75) is 12.8 Å². The number of furan rings is 1. The van der Waals surface area contributed by atoms with Gasteiger partial charge in [-0.3, -0.25) is 4.79 Å². The maximum absolute atomic E-state index is 12.0. The first-order chi connectivity index (χ1) is 12.3. The molecule has 5 heteroatoms. The number of hydrogen-bond donors (Lipinski definition) is 0. The molecule has 0 aliphatic carbocycles. The van der Waals surface area contributed by atoms with E-state index in [0.29, 0.717) is 25.2 Å². The highest BCUT2D eigenvalue weighted by atomic mass is 16.5. The van der Waals surface area contributed by atoms with Crippen LogP contribution < -0.4 is 9.47 Å². The summed E-state index contributed by atoms with van der Waals surface area (Å²) in [6, 6.07) is 15.1. The number of benzene rings is 2. The number of ether oxygens (including phenoxy) is 3. The van der Waals surface area contributed by atoms with Crippen LogP contribution in [0.15, 0.2) is 59.2 Å². The summed E-state index contributed by atoms with van der Waals surface area (Å²) >= 11 is 0. The Morgan fingerprint density at radius 2 is 1.88 bits per heavy atom. The highest BCUT2D eigenvalue weighted by Crippen LogP contribution is 2.26. The molecule has 0 bridgehead atoms. The summed E-state index contributed by atoms with van der Waals surface area (Å²) in [5, 5.41) is 0.894. The van der Waals surface area contributed by atoms with Crippen LogP contribution in [0.25, 0.3) is 11.0 Å². The first kappa shape index (κ1) is 16.9. The van der Waals surface area contributed by atoms with Crippen molar-refractivity contribution in [1.82, 2.24) is 0 Å². The summed E-state index contributed by atoms with van der Waals surface area (Å²) in [4.78, 5) is 12.0. The quantitative estimate of drug-likeness (QED) is 0.458. The molecule has 0 atom stereocenters. The van der Waals surface area contributed by atoms with Gasteiger partial charge in [0.25, 0.3) is 0 Å². The molecule has 25 heavy (non-hydrogen) atoms. The fourth-order valence-corrected chi connectivity index (χ4v) is 2.49. The second-order valence-corrected chi connectivity index (χ2v) is 5.54. The second-order valence-electron chi connectivity index (χ2n) is 5.54. The molecule has 1 heterocycles. The molecule has 0 saturated carbocycles. The summed E-state index contributed by atoms with van der Waals surface area (Å²) < 4.78 is 21.5.